The Labute approximate surface area is 237 Å². The van der Waals surface area contributed by atoms with E-state index in [1.54, 1.807) is 0 Å². The Balaban J connectivity index is 1.35. The van der Waals surface area contributed by atoms with Gasteiger partial charge in [-0.25, -0.2) is 15.0 Å². The van der Waals surface area contributed by atoms with Gasteiger partial charge in [0.2, 0.25) is 0 Å². The largest absolute Gasteiger partial charge is 0.482 e. The molecule has 7 aromatic rings. The van der Waals surface area contributed by atoms with Crippen LogP contribution in [0.15, 0.2) is 120 Å². The van der Waals surface area contributed by atoms with Crippen LogP contribution in [0.5, 0.6) is 5.75 Å². The Bertz CT molecular complexity index is 2110. The van der Waals surface area contributed by atoms with Crippen molar-refractivity contribution in [3.63, 3.8) is 0 Å². The van der Waals surface area contributed by atoms with Crippen LogP contribution in [0.3, 0.4) is 0 Å². The number of furan rings is 1. The van der Waals surface area contributed by atoms with Crippen molar-refractivity contribution < 1.29 is 9.15 Å². The van der Waals surface area contributed by atoms with Crippen LogP contribution in [0.2, 0.25) is 0 Å². The van der Waals surface area contributed by atoms with Gasteiger partial charge in [0.25, 0.3) is 0 Å². The Hall–Kier alpha value is -5.29. The number of fused-ring (bicyclic) bond motifs is 6. The van der Waals surface area contributed by atoms with Gasteiger partial charge in [-0.2, -0.15) is 0 Å². The summed E-state index contributed by atoms with van der Waals surface area (Å²) in [5, 5.41) is 2.10. The maximum absolute atomic E-state index is 6.43. The molecule has 3 heterocycles. The fraction of sp³-hybridized carbons (Fsp3) is 0.0833. The molecule has 5 nitrogen and oxygen atoms in total. The zero-order valence-corrected chi connectivity index (χ0v) is 22.6. The monoisotopic (exact) mass is 531 g/mol. The highest BCUT2D eigenvalue weighted by atomic mass is 16.5. The van der Waals surface area contributed by atoms with Crippen molar-refractivity contribution in [3.8, 4) is 51.0 Å². The van der Waals surface area contributed by atoms with Crippen LogP contribution in [0.1, 0.15) is 19.4 Å². The van der Waals surface area contributed by atoms with Crippen molar-refractivity contribution in [1.82, 2.24) is 15.0 Å². The maximum Gasteiger partial charge on any atom is 0.167 e. The highest BCUT2D eigenvalue weighted by Gasteiger charge is 2.32. The summed E-state index contributed by atoms with van der Waals surface area (Å²) >= 11 is 0. The minimum atomic E-state index is -0.419. The second kappa shape index (κ2) is 8.86. The van der Waals surface area contributed by atoms with Gasteiger partial charge >= 0.3 is 0 Å². The predicted molar refractivity (Wildman–Crippen MR) is 163 cm³/mol. The predicted octanol–water partition coefficient (Wildman–Crippen LogP) is 9.07. The molecular weight excluding hydrogens is 506 g/mol. The van der Waals surface area contributed by atoms with Crippen LogP contribution in [0.4, 0.5) is 0 Å². The fourth-order valence-corrected chi connectivity index (χ4v) is 5.81. The van der Waals surface area contributed by atoms with Crippen LogP contribution in [-0.2, 0) is 5.60 Å². The van der Waals surface area contributed by atoms with Crippen molar-refractivity contribution in [3.05, 3.63) is 121 Å². The smallest absolute Gasteiger partial charge is 0.167 e. The van der Waals surface area contributed by atoms with E-state index < -0.39 is 5.60 Å². The normalized spacial score (nSPS) is 13.5. The summed E-state index contributed by atoms with van der Waals surface area (Å²) in [5.41, 5.74) is 7.16. The molecule has 0 fully saturated rings. The molecule has 0 amide bonds. The second-order valence-corrected chi connectivity index (χ2v) is 10.8. The van der Waals surface area contributed by atoms with Gasteiger partial charge in [0, 0.05) is 33.0 Å². The third kappa shape index (κ3) is 3.81. The van der Waals surface area contributed by atoms with Crippen molar-refractivity contribution >= 4 is 21.9 Å². The van der Waals surface area contributed by atoms with Gasteiger partial charge < -0.3 is 9.15 Å². The fourth-order valence-electron chi connectivity index (χ4n) is 5.81. The first-order valence-corrected chi connectivity index (χ1v) is 13.7. The molecule has 0 bridgehead atoms. The summed E-state index contributed by atoms with van der Waals surface area (Å²) in [5.74, 6) is 2.61. The van der Waals surface area contributed by atoms with Crippen LogP contribution in [0, 0.1) is 0 Å². The molecule has 1 aliphatic heterocycles. The van der Waals surface area contributed by atoms with Crippen molar-refractivity contribution in [1.29, 1.82) is 0 Å². The van der Waals surface area contributed by atoms with Crippen molar-refractivity contribution in [2.75, 3.05) is 0 Å². The van der Waals surface area contributed by atoms with Crippen LogP contribution in [0.25, 0.3) is 67.2 Å². The van der Waals surface area contributed by atoms with Crippen LogP contribution >= 0.6 is 0 Å². The van der Waals surface area contributed by atoms with Gasteiger partial charge in [0.15, 0.2) is 17.5 Å². The topological polar surface area (TPSA) is 61.0 Å². The number of hydrogen-bond acceptors (Lipinski definition) is 5. The summed E-state index contributed by atoms with van der Waals surface area (Å²) in [6.07, 6.45) is 0. The Morgan fingerprint density at radius 2 is 1.22 bits per heavy atom. The third-order valence-corrected chi connectivity index (χ3v) is 7.78. The maximum atomic E-state index is 6.43. The molecule has 0 spiro atoms. The van der Waals surface area contributed by atoms with E-state index in [9.17, 15) is 0 Å². The molecule has 1 aliphatic rings. The number of para-hydroxylation sites is 2. The highest BCUT2D eigenvalue weighted by molar-refractivity contribution is 6.09. The van der Waals surface area contributed by atoms with E-state index in [1.165, 1.54) is 0 Å². The lowest BCUT2D eigenvalue weighted by molar-refractivity contribution is 0.106. The van der Waals surface area contributed by atoms with Gasteiger partial charge in [0.05, 0.1) is 5.56 Å². The van der Waals surface area contributed by atoms with Gasteiger partial charge in [-0.05, 0) is 49.7 Å². The van der Waals surface area contributed by atoms with Gasteiger partial charge in [-0.3, -0.25) is 0 Å². The van der Waals surface area contributed by atoms with E-state index in [1.807, 2.05) is 72.8 Å². The molecule has 2 aromatic heterocycles. The van der Waals surface area contributed by atoms with Gasteiger partial charge in [-0.15, -0.1) is 0 Å². The molecule has 196 valence electrons. The first-order chi connectivity index (χ1) is 20.0. The van der Waals surface area contributed by atoms with Crippen molar-refractivity contribution in [2.45, 2.75) is 19.4 Å². The van der Waals surface area contributed by atoms with Crippen LogP contribution < -0.4 is 4.74 Å². The first-order valence-electron chi connectivity index (χ1n) is 13.7. The number of hydrogen-bond donors (Lipinski definition) is 0. The van der Waals surface area contributed by atoms with E-state index in [4.69, 9.17) is 24.1 Å². The number of ether oxygens (including phenoxy) is 1. The Kier molecular flexibility index (Phi) is 5.10. The molecule has 0 saturated heterocycles. The average molecular weight is 532 g/mol. The molecular formula is C36H25N3O2. The van der Waals surface area contributed by atoms with Gasteiger partial charge in [-0.1, -0.05) is 84.9 Å². The highest BCUT2D eigenvalue weighted by Crippen LogP contribution is 2.46. The summed E-state index contributed by atoms with van der Waals surface area (Å²) < 4.78 is 12.8. The minimum Gasteiger partial charge on any atom is -0.482 e. The molecule has 0 saturated carbocycles. The molecule has 0 unspecified atom stereocenters. The van der Waals surface area contributed by atoms with E-state index in [-0.39, 0.29) is 0 Å². The summed E-state index contributed by atoms with van der Waals surface area (Å²) in [6, 6.07) is 38.8. The Morgan fingerprint density at radius 3 is 2.10 bits per heavy atom. The second-order valence-electron chi connectivity index (χ2n) is 10.8. The lowest BCUT2D eigenvalue weighted by Gasteiger charge is -2.35. The molecule has 41 heavy (non-hydrogen) atoms. The van der Waals surface area contributed by atoms with E-state index in [2.05, 4.69) is 56.3 Å². The molecule has 8 rings (SSSR count). The minimum absolute atomic E-state index is 0.419. The SMILES string of the molecule is CC1(C)Oc2ccc(-c3nc(-c4ccccc4)nc(-c4cccc5c4oc4ccccc45)n3)cc2-c2ccccc21. The third-order valence-electron chi connectivity index (χ3n) is 7.78. The van der Waals surface area contributed by atoms with Crippen molar-refractivity contribution in [2.24, 2.45) is 0 Å². The number of aromatic nitrogens is 3. The Morgan fingerprint density at radius 1 is 0.537 bits per heavy atom. The lowest BCUT2D eigenvalue weighted by Crippen LogP contribution is -2.29. The summed E-state index contributed by atoms with van der Waals surface area (Å²) in [4.78, 5) is 14.9. The number of benzene rings is 5. The van der Waals surface area contributed by atoms with Crippen LogP contribution in [-0.4, -0.2) is 15.0 Å². The molecule has 5 heteroatoms. The molecule has 0 aliphatic carbocycles. The van der Waals surface area contributed by atoms with E-state index in [0.29, 0.717) is 17.5 Å². The molecule has 0 atom stereocenters. The summed E-state index contributed by atoms with van der Waals surface area (Å²) in [7, 11) is 0. The van der Waals surface area contributed by atoms with E-state index in [0.717, 1.165) is 61.1 Å². The standard InChI is InChI=1S/C36H25N3O2/c1-36(2)29-17-8-6-13-24(29)28-21-23(19-20-31(28)41-36)34-37-33(22-11-4-3-5-12-22)38-35(39-34)27-16-10-15-26-25-14-7-9-18-30(25)40-32(26)27/h3-21H,1-2H3. The molecule has 5 aromatic carbocycles. The summed E-state index contributed by atoms with van der Waals surface area (Å²) in [6.45, 7) is 4.21. The zero-order valence-electron chi connectivity index (χ0n) is 22.6. The first kappa shape index (κ1) is 23.6. The average Bonchev–Trinajstić information content (AvgIpc) is 3.40. The molecule has 0 N–H and O–H groups in total. The zero-order chi connectivity index (χ0) is 27.6. The van der Waals surface area contributed by atoms with Gasteiger partial charge in [0.1, 0.15) is 22.5 Å². The number of nitrogens with zero attached hydrogens (tertiary/aromatic N) is 3. The molecule has 0 radical (unpaired) electrons. The van der Waals surface area contributed by atoms with E-state index >= 15 is 0 Å². The quantitative estimate of drug-likeness (QED) is 0.228. The lowest BCUT2D eigenvalue weighted by atomic mass is 9.86. The number of rotatable bonds is 3.